The zero-order chi connectivity index (χ0) is 20.1. The van der Waals surface area contributed by atoms with Gasteiger partial charge >= 0.3 is 0 Å². The molecule has 0 atom stereocenters. The van der Waals surface area contributed by atoms with Gasteiger partial charge in [0, 0.05) is 16.5 Å². The molecular weight excluding hydrogens is 383 g/mol. The first-order valence-corrected chi connectivity index (χ1v) is 9.17. The van der Waals surface area contributed by atoms with E-state index in [1.54, 1.807) is 29.6 Å². The van der Waals surface area contributed by atoms with Gasteiger partial charge in [-0.3, -0.25) is 14.9 Å². The minimum absolute atomic E-state index is 0.0428. The Balaban J connectivity index is 1.61. The van der Waals surface area contributed by atoms with Gasteiger partial charge < -0.3 is 9.47 Å². The number of Topliss-reactive ketones (excluding diaryl/α,β-unsaturated/α-hetero) is 1. The van der Waals surface area contributed by atoms with Gasteiger partial charge in [-0.1, -0.05) is 0 Å². The molecule has 6 nitrogen and oxygen atoms in total. The molecule has 1 aromatic heterocycles. The molecule has 0 aliphatic rings. The van der Waals surface area contributed by atoms with Crippen molar-refractivity contribution in [2.24, 2.45) is 0 Å². The molecule has 1 heterocycles. The van der Waals surface area contributed by atoms with E-state index in [0.717, 1.165) is 0 Å². The van der Waals surface area contributed by atoms with Crippen LogP contribution in [0.4, 0.5) is 9.52 Å². The number of carbonyl (C=O) groups excluding carboxylic acids is 2. The molecule has 3 rings (SSSR count). The summed E-state index contributed by atoms with van der Waals surface area (Å²) in [6.45, 7) is 1.27. The van der Waals surface area contributed by atoms with Crippen LogP contribution in [0, 0.1) is 5.82 Å². The Bertz CT molecular complexity index is 1000. The molecule has 3 aromatic rings. The summed E-state index contributed by atoms with van der Waals surface area (Å²) in [6, 6.07) is 10.7. The number of ketones is 1. The molecule has 1 N–H and O–H groups in total. The summed E-state index contributed by atoms with van der Waals surface area (Å²) in [4.78, 5) is 27.6. The Labute approximate surface area is 164 Å². The molecule has 2 aromatic carbocycles. The minimum Gasteiger partial charge on any atom is -0.496 e. The van der Waals surface area contributed by atoms with Crippen LogP contribution in [0.1, 0.15) is 17.3 Å². The van der Waals surface area contributed by atoms with Crippen LogP contribution in [0.5, 0.6) is 11.5 Å². The van der Waals surface area contributed by atoms with Gasteiger partial charge in [0.25, 0.3) is 5.91 Å². The number of rotatable bonds is 7. The highest BCUT2D eigenvalue weighted by molar-refractivity contribution is 7.14. The third-order valence-electron chi connectivity index (χ3n) is 3.82. The van der Waals surface area contributed by atoms with Crippen LogP contribution in [0.3, 0.4) is 0 Å². The monoisotopic (exact) mass is 400 g/mol. The van der Waals surface area contributed by atoms with Crippen molar-refractivity contribution in [1.82, 2.24) is 4.98 Å². The standard InChI is InChI=1S/C20H17FN2O4S/c1-12(24)13-3-6-15(7-4-13)27-10-19(25)23-20-22-17(11-28-20)16-9-14(21)5-8-18(16)26-2/h3-9,11H,10H2,1-2H3,(H,22,23,25). The molecule has 0 aliphatic carbocycles. The molecule has 0 aliphatic heterocycles. The fourth-order valence-corrected chi connectivity index (χ4v) is 3.15. The van der Waals surface area contributed by atoms with Gasteiger partial charge in [0.2, 0.25) is 0 Å². The number of amides is 1. The van der Waals surface area contributed by atoms with E-state index in [-0.39, 0.29) is 18.3 Å². The number of methoxy groups -OCH3 is 1. The SMILES string of the molecule is COc1ccc(F)cc1-c1csc(NC(=O)COc2ccc(C(C)=O)cc2)n1. The Morgan fingerprint density at radius 3 is 2.61 bits per heavy atom. The summed E-state index contributed by atoms with van der Waals surface area (Å²) >= 11 is 1.21. The zero-order valence-electron chi connectivity index (χ0n) is 15.2. The number of nitrogens with one attached hydrogen (secondary N) is 1. The van der Waals surface area contributed by atoms with E-state index >= 15 is 0 Å². The van der Waals surface area contributed by atoms with Crippen molar-refractivity contribution in [2.45, 2.75) is 6.92 Å². The van der Waals surface area contributed by atoms with Crippen molar-refractivity contribution < 1.29 is 23.5 Å². The Morgan fingerprint density at radius 2 is 1.93 bits per heavy atom. The second-order valence-electron chi connectivity index (χ2n) is 5.80. The van der Waals surface area contributed by atoms with Crippen molar-refractivity contribution in [2.75, 3.05) is 19.0 Å². The lowest BCUT2D eigenvalue weighted by Crippen LogP contribution is -2.20. The third kappa shape index (κ3) is 4.72. The summed E-state index contributed by atoms with van der Waals surface area (Å²) in [5.74, 6) is 0.131. The minimum atomic E-state index is -0.404. The first-order valence-electron chi connectivity index (χ1n) is 8.29. The Hall–Kier alpha value is -3.26. The van der Waals surface area contributed by atoms with E-state index in [0.29, 0.717) is 33.5 Å². The van der Waals surface area contributed by atoms with Crippen molar-refractivity contribution in [3.63, 3.8) is 0 Å². The van der Waals surface area contributed by atoms with Crippen LogP contribution in [0.25, 0.3) is 11.3 Å². The zero-order valence-corrected chi connectivity index (χ0v) is 16.0. The maximum Gasteiger partial charge on any atom is 0.264 e. The Morgan fingerprint density at radius 1 is 1.18 bits per heavy atom. The number of hydrogen-bond donors (Lipinski definition) is 1. The molecule has 1 amide bonds. The molecule has 0 spiro atoms. The van der Waals surface area contributed by atoms with Gasteiger partial charge in [0.05, 0.1) is 12.8 Å². The fraction of sp³-hybridized carbons (Fsp3) is 0.150. The first kappa shape index (κ1) is 19.5. The number of nitrogens with zero attached hydrogens (tertiary/aromatic N) is 1. The number of ether oxygens (including phenoxy) is 2. The van der Waals surface area contributed by atoms with Crippen LogP contribution in [0.15, 0.2) is 47.8 Å². The number of hydrogen-bond acceptors (Lipinski definition) is 6. The molecule has 0 fully saturated rings. The molecule has 144 valence electrons. The molecule has 8 heteroatoms. The average molecular weight is 400 g/mol. The van der Waals surface area contributed by atoms with E-state index in [1.165, 1.54) is 43.6 Å². The van der Waals surface area contributed by atoms with Crippen LogP contribution in [-0.4, -0.2) is 30.4 Å². The normalized spacial score (nSPS) is 10.4. The van der Waals surface area contributed by atoms with E-state index in [9.17, 15) is 14.0 Å². The lowest BCUT2D eigenvalue weighted by atomic mass is 10.1. The second-order valence-corrected chi connectivity index (χ2v) is 6.66. The topological polar surface area (TPSA) is 77.5 Å². The maximum atomic E-state index is 13.5. The van der Waals surface area contributed by atoms with E-state index in [1.807, 2.05) is 0 Å². The van der Waals surface area contributed by atoms with Crippen LogP contribution in [0.2, 0.25) is 0 Å². The van der Waals surface area contributed by atoms with Gasteiger partial charge in [-0.2, -0.15) is 0 Å². The molecule has 0 saturated heterocycles. The number of halogens is 1. The predicted octanol–water partition coefficient (Wildman–Crippen LogP) is 4.18. The second kappa shape index (κ2) is 8.62. The first-order chi connectivity index (χ1) is 13.5. The van der Waals surface area contributed by atoms with E-state index in [2.05, 4.69) is 10.3 Å². The maximum absolute atomic E-state index is 13.5. The quantitative estimate of drug-likeness (QED) is 0.602. The van der Waals surface area contributed by atoms with Gasteiger partial charge in [-0.15, -0.1) is 11.3 Å². The summed E-state index contributed by atoms with van der Waals surface area (Å²) < 4.78 is 24.2. The third-order valence-corrected chi connectivity index (χ3v) is 4.58. The lowest BCUT2D eigenvalue weighted by molar-refractivity contribution is -0.118. The molecule has 28 heavy (non-hydrogen) atoms. The van der Waals surface area contributed by atoms with Crippen molar-refractivity contribution in [3.8, 4) is 22.8 Å². The van der Waals surface area contributed by atoms with Crippen molar-refractivity contribution in [3.05, 3.63) is 59.2 Å². The fourth-order valence-electron chi connectivity index (χ4n) is 2.43. The summed E-state index contributed by atoms with van der Waals surface area (Å²) in [7, 11) is 1.49. The number of aromatic nitrogens is 1. The van der Waals surface area contributed by atoms with Crippen molar-refractivity contribution >= 4 is 28.2 Å². The number of carbonyl (C=O) groups is 2. The van der Waals surface area contributed by atoms with Gasteiger partial charge in [-0.25, -0.2) is 9.37 Å². The number of benzene rings is 2. The highest BCUT2D eigenvalue weighted by Crippen LogP contribution is 2.32. The summed E-state index contributed by atoms with van der Waals surface area (Å²) in [6.07, 6.45) is 0. The predicted molar refractivity (Wildman–Crippen MR) is 105 cm³/mol. The highest BCUT2D eigenvalue weighted by Gasteiger charge is 2.13. The smallest absolute Gasteiger partial charge is 0.264 e. The lowest BCUT2D eigenvalue weighted by Gasteiger charge is -2.07. The molecule has 0 saturated carbocycles. The summed E-state index contributed by atoms with van der Waals surface area (Å²) in [5.41, 5.74) is 1.57. The number of anilines is 1. The largest absolute Gasteiger partial charge is 0.496 e. The van der Waals surface area contributed by atoms with Crippen LogP contribution in [-0.2, 0) is 4.79 Å². The van der Waals surface area contributed by atoms with E-state index in [4.69, 9.17) is 9.47 Å². The Kier molecular flexibility index (Phi) is 6.00. The van der Waals surface area contributed by atoms with Gasteiger partial charge in [0.1, 0.15) is 17.3 Å². The summed E-state index contributed by atoms with van der Waals surface area (Å²) in [5, 5.41) is 4.70. The van der Waals surface area contributed by atoms with Crippen LogP contribution >= 0.6 is 11.3 Å². The molecular formula is C20H17FN2O4S. The number of thiazole rings is 1. The van der Waals surface area contributed by atoms with Crippen molar-refractivity contribution in [1.29, 1.82) is 0 Å². The highest BCUT2D eigenvalue weighted by atomic mass is 32.1. The van der Waals surface area contributed by atoms with Gasteiger partial charge in [-0.05, 0) is 49.4 Å². The molecule has 0 unspecified atom stereocenters. The van der Waals surface area contributed by atoms with Gasteiger partial charge in [0.15, 0.2) is 17.5 Å². The van der Waals surface area contributed by atoms with Crippen LogP contribution < -0.4 is 14.8 Å². The molecule has 0 radical (unpaired) electrons. The van der Waals surface area contributed by atoms with E-state index < -0.39 is 5.82 Å². The average Bonchev–Trinajstić information content (AvgIpc) is 3.15. The molecule has 0 bridgehead atoms.